The van der Waals surface area contributed by atoms with Gasteiger partial charge in [0.2, 0.25) is 0 Å². The number of nitrogen functional groups attached to an aromatic ring is 1. The smallest absolute Gasteiger partial charge is 0.172 e. The average molecular weight is 355 g/mol. The molecule has 2 aromatic rings. The van der Waals surface area contributed by atoms with E-state index in [1.807, 2.05) is 24.3 Å². The molecule has 1 aromatic heterocycles. The van der Waals surface area contributed by atoms with Gasteiger partial charge in [-0.25, -0.2) is 0 Å². The van der Waals surface area contributed by atoms with Crippen LogP contribution in [0.2, 0.25) is 0 Å². The summed E-state index contributed by atoms with van der Waals surface area (Å²) in [7, 11) is 0. The summed E-state index contributed by atoms with van der Waals surface area (Å²) in [6.45, 7) is 2.27. The fraction of sp³-hybridized carbons (Fsp3) is 0.400. The molecule has 3 nitrogen and oxygen atoms in total. The molecule has 0 saturated heterocycles. The second-order valence-electron chi connectivity index (χ2n) is 5.06. The van der Waals surface area contributed by atoms with Gasteiger partial charge in [0.05, 0.1) is 0 Å². The number of nitrogens with zero attached hydrogens (tertiary/aromatic N) is 1. The predicted octanol–water partition coefficient (Wildman–Crippen LogP) is 4.43. The number of hydrogen-bond donors (Lipinski definition) is 2. The Kier molecular flexibility index (Phi) is 5.16. The van der Waals surface area contributed by atoms with Crippen LogP contribution in [0, 0.1) is 11.8 Å². The van der Waals surface area contributed by atoms with Crippen molar-refractivity contribution in [2.45, 2.75) is 19.8 Å². The third-order valence-corrected chi connectivity index (χ3v) is 4.14. The molecule has 2 N–H and O–H groups in total. The first-order valence-corrected chi connectivity index (χ1v) is 8.28. The van der Waals surface area contributed by atoms with E-state index >= 15 is 0 Å². The maximum atomic E-state index is 5.92. The number of halogens is 1. The Balaban J connectivity index is 0.000000704. The van der Waals surface area contributed by atoms with Crippen molar-refractivity contribution in [3.8, 4) is 11.3 Å². The minimum absolute atomic E-state index is 0.532. The summed E-state index contributed by atoms with van der Waals surface area (Å²) in [6, 6.07) is 8.03. The monoisotopic (exact) mass is 354 g/mol. The molecule has 108 valence electrons. The van der Waals surface area contributed by atoms with E-state index in [9.17, 15) is 0 Å². The highest BCUT2D eigenvalue weighted by molar-refractivity contribution is 9.10. The third kappa shape index (κ3) is 3.38. The quantitative estimate of drug-likeness (QED) is 0.801. The van der Waals surface area contributed by atoms with Crippen molar-refractivity contribution in [1.82, 2.24) is 5.16 Å². The zero-order chi connectivity index (χ0) is 14.7. The van der Waals surface area contributed by atoms with Gasteiger partial charge >= 0.3 is 0 Å². The Morgan fingerprint density at radius 1 is 1.45 bits per heavy atom. The summed E-state index contributed by atoms with van der Waals surface area (Å²) in [5.41, 5.74) is 8.00. The number of thiol groups is 1. The van der Waals surface area contributed by atoms with E-state index in [1.54, 1.807) is 6.26 Å². The molecule has 1 aliphatic rings. The summed E-state index contributed by atoms with van der Waals surface area (Å²) < 4.78 is 6.43. The van der Waals surface area contributed by atoms with Gasteiger partial charge < -0.3 is 10.3 Å². The Morgan fingerprint density at radius 3 is 2.75 bits per heavy atom. The highest BCUT2D eigenvalue weighted by atomic mass is 79.9. The van der Waals surface area contributed by atoms with E-state index in [4.69, 9.17) is 10.3 Å². The van der Waals surface area contributed by atoms with Crippen molar-refractivity contribution in [2.24, 2.45) is 11.8 Å². The summed E-state index contributed by atoms with van der Waals surface area (Å²) in [5.74, 6) is 2.88. The largest absolute Gasteiger partial charge is 0.381 e. The highest BCUT2D eigenvalue weighted by Crippen LogP contribution is 2.43. The Hall–Kier alpha value is -0.940. The summed E-state index contributed by atoms with van der Waals surface area (Å²) in [4.78, 5) is 0. The number of rotatable bonds is 3. The first kappa shape index (κ1) is 15.4. The van der Waals surface area contributed by atoms with Crippen LogP contribution in [0.1, 0.15) is 18.9 Å². The van der Waals surface area contributed by atoms with Crippen molar-refractivity contribution in [2.75, 3.05) is 12.0 Å². The van der Waals surface area contributed by atoms with Crippen LogP contribution in [0.4, 0.5) is 5.82 Å². The minimum atomic E-state index is 0.532. The number of aromatic nitrogens is 1. The molecule has 0 spiro atoms. The minimum Gasteiger partial charge on any atom is -0.381 e. The highest BCUT2D eigenvalue weighted by Gasteiger charge is 2.34. The van der Waals surface area contributed by atoms with E-state index in [1.165, 1.54) is 6.42 Å². The van der Waals surface area contributed by atoms with Gasteiger partial charge in [0.15, 0.2) is 11.6 Å². The van der Waals surface area contributed by atoms with Crippen molar-refractivity contribution in [3.05, 3.63) is 34.3 Å². The number of hydrogen-bond acceptors (Lipinski definition) is 4. The Labute approximate surface area is 133 Å². The van der Waals surface area contributed by atoms with Gasteiger partial charge in [-0.1, -0.05) is 40.1 Å². The lowest BCUT2D eigenvalue weighted by atomic mass is 10.0. The van der Waals surface area contributed by atoms with Crippen LogP contribution in [-0.2, 0) is 6.42 Å². The average Bonchev–Trinajstić information content (AvgIpc) is 3.02. The van der Waals surface area contributed by atoms with Crippen LogP contribution in [0.5, 0.6) is 0 Å². The van der Waals surface area contributed by atoms with Crippen molar-refractivity contribution >= 4 is 34.4 Å². The first-order valence-electron chi connectivity index (χ1n) is 6.60. The lowest BCUT2D eigenvalue weighted by Crippen LogP contribution is -1.95. The van der Waals surface area contributed by atoms with E-state index in [-0.39, 0.29) is 0 Å². The van der Waals surface area contributed by atoms with Crippen LogP contribution in [0.15, 0.2) is 33.3 Å². The molecule has 0 aliphatic heterocycles. The van der Waals surface area contributed by atoms with E-state index < -0.39 is 0 Å². The second kappa shape index (κ2) is 6.68. The molecule has 3 rings (SSSR count). The van der Waals surface area contributed by atoms with E-state index in [0.717, 1.165) is 39.6 Å². The van der Waals surface area contributed by atoms with Gasteiger partial charge in [0.1, 0.15) is 0 Å². The van der Waals surface area contributed by atoms with Gasteiger partial charge in [0.25, 0.3) is 0 Å². The zero-order valence-electron chi connectivity index (χ0n) is 11.6. The van der Waals surface area contributed by atoms with E-state index in [2.05, 4.69) is 40.6 Å². The molecule has 1 aromatic carbocycles. The standard InChI is InChI=1S/C14H15BrN2O.CH4S/c1-8-5-10(8)7-12-13(18-17-14(12)16)9-3-2-4-11(15)6-9;1-2/h2-4,6,8,10H,5,7H2,1H3,(H2,16,17);2H,1H3. The SMILES string of the molecule is CC1CC1Cc1c(N)noc1-c1cccc(Br)c1.CS. The van der Waals surface area contributed by atoms with Gasteiger partial charge in [-0.15, -0.1) is 0 Å². The number of anilines is 1. The fourth-order valence-electron chi connectivity index (χ4n) is 2.32. The van der Waals surface area contributed by atoms with Gasteiger partial charge in [0, 0.05) is 15.6 Å². The molecule has 0 radical (unpaired) electrons. The molecule has 5 heteroatoms. The molecular weight excluding hydrogens is 336 g/mol. The lowest BCUT2D eigenvalue weighted by Gasteiger charge is -2.02. The van der Waals surface area contributed by atoms with Gasteiger partial charge in [-0.3, -0.25) is 0 Å². The second-order valence-corrected chi connectivity index (χ2v) is 5.98. The Bertz CT molecular complexity index is 585. The topological polar surface area (TPSA) is 52.0 Å². The zero-order valence-corrected chi connectivity index (χ0v) is 14.1. The van der Waals surface area contributed by atoms with E-state index in [0.29, 0.717) is 5.82 Å². The number of benzene rings is 1. The molecule has 1 aliphatic carbocycles. The summed E-state index contributed by atoms with van der Waals surface area (Å²) >= 11 is 7.00. The fourth-order valence-corrected chi connectivity index (χ4v) is 2.72. The molecule has 2 atom stereocenters. The molecule has 0 bridgehead atoms. The molecule has 1 heterocycles. The van der Waals surface area contributed by atoms with Crippen molar-refractivity contribution < 1.29 is 4.52 Å². The molecule has 2 unspecified atom stereocenters. The molecular formula is C15H19BrN2OS. The maximum absolute atomic E-state index is 5.92. The summed E-state index contributed by atoms with van der Waals surface area (Å²) in [6.07, 6.45) is 3.95. The predicted molar refractivity (Wildman–Crippen MR) is 89.9 cm³/mol. The first-order chi connectivity index (χ1) is 9.65. The van der Waals surface area contributed by atoms with Crippen LogP contribution in [0.3, 0.4) is 0 Å². The number of nitrogens with two attached hydrogens (primary N) is 1. The molecule has 1 fully saturated rings. The van der Waals surface area contributed by atoms with Gasteiger partial charge in [-0.05, 0) is 43.1 Å². The normalized spacial score (nSPS) is 20.2. The Morgan fingerprint density at radius 2 is 2.15 bits per heavy atom. The third-order valence-electron chi connectivity index (χ3n) is 3.65. The summed E-state index contributed by atoms with van der Waals surface area (Å²) in [5, 5.41) is 3.92. The van der Waals surface area contributed by atoms with Crippen LogP contribution < -0.4 is 5.73 Å². The van der Waals surface area contributed by atoms with Crippen molar-refractivity contribution in [1.29, 1.82) is 0 Å². The van der Waals surface area contributed by atoms with Crippen LogP contribution in [0.25, 0.3) is 11.3 Å². The molecule has 20 heavy (non-hydrogen) atoms. The van der Waals surface area contributed by atoms with Crippen molar-refractivity contribution in [3.63, 3.8) is 0 Å². The lowest BCUT2D eigenvalue weighted by molar-refractivity contribution is 0.434. The maximum Gasteiger partial charge on any atom is 0.172 e. The molecule has 1 saturated carbocycles. The van der Waals surface area contributed by atoms with Crippen LogP contribution in [-0.4, -0.2) is 11.4 Å². The van der Waals surface area contributed by atoms with Crippen LogP contribution >= 0.6 is 28.6 Å². The molecule has 0 amide bonds. The van der Waals surface area contributed by atoms with Gasteiger partial charge in [-0.2, -0.15) is 12.6 Å².